The van der Waals surface area contributed by atoms with Crippen molar-refractivity contribution in [2.24, 2.45) is 11.8 Å². The first-order chi connectivity index (χ1) is 10.4. The molecule has 4 heteroatoms. The van der Waals surface area contributed by atoms with Gasteiger partial charge in [-0.2, -0.15) is 0 Å². The molecule has 3 rings (SSSR count). The normalized spacial score (nSPS) is 41.5. The quantitative estimate of drug-likeness (QED) is 0.457. The van der Waals surface area contributed by atoms with Crippen LogP contribution in [0.5, 0.6) is 0 Å². The van der Waals surface area contributed by atoms with Crippen molar-refractivity contribution in [1.29, 1.82) is 0 Å². The third kappa shape index (κ3) is 2.95. The second kappa shape index (κ2) is 5.97. The standard InChI is InChI=1S/C18H29NO3/c1-5-19(4)11-14-13-9-8-12(2)7-6-10-18(3)16(22-18)15(13)21-17(14)20/h7,13-16H,5-6,8-11H2,1-4H3/t13-,14-,15-,16-,18+/m0/s1. The Balaban J connectivity index is 1.81. The Labute approximate surface area is 133 Å². The van der Waals surface area contributed by atoms with E-state index in [0.717, 1.165) is 38.8 Å². The lowest BCUT2D eigenvalue weighted by Crippen LogP contribution is -2.35. The highest BCUT2D eigenvalue weighted by Gasteiger charge is 2.62. The fourth-order valence-corrected chi connectivity index (χ4v) is 4.01. The molecule has 0 radical (unpaired) electrons. The fourth-order valence-electron chi connectivity index (χ4n) is 4.01. The van der Waals surface area contributed by atoms with Gasteiger partial charge in [-0.3, -0.25) is 4.79 Å². The molecule has 0 aromatic heterocycles. The molecule has 0 N–H and O–H groups in total. The first-order valence-corrected chi connectivity index (χ1v) is 8.67. The number of carbonyl (C=O) groups is 1. The largest absolute Gasteiger partial charge is 0.459 e. The van der Waals surface area contributed by atoms with Gasteiger partial charge in [0.25, 0.3) is 0 Å². The van der Waals surface area contributed by atoms with E-state index >= 15 is 0 Å². The van der Waals surface area contributed by atoms with Crippen LogP contribution in [0, 0.1) is 11.8 Å². The molecule has 124 valence electrons. The summed E-state index contributed by atoms with van der Waals surface area (Å²) in [6, 6.07) is 0. The first-order valence-electron chi connectivity index (χ1n) is 8.67. The van der Waals surface area contributed by atoms with E-state index in [9.17, 15) is 4.79 Å². The third-order valence-corrected chi connectivity index (χ3v) is 5.79. The SMILES string of the molecule is CCN(C)C[C@@H]1C(=O)O[C@H]2[C@H]1CCC(C)=CCC[C@@]1(C)O[C@@H]21. The molecule has 5 atom stereocenters. The molecule has 2 aliphatic heterocycles. The number of nitrogens with zero attached hydrogens (tertiary/aromatic N) is 1. The van der Waals surface area contributed by atoms with Crippen LogP contribution in [-0.2, 0) is 14.3 Å². The molecule has 0 spiro atoms. The number of rotatable bonds is 3. The Hall–Kier alpha value is -0.870. The Bertz CT molecular complexity index is 475. The molecule has 0 aromatic rings. The second-order valence-corrected chi connectivity index (χ2v) is 7.51. The molecule has 4 nitrogen and oxygen atoms in total. The van der Waals surface area contributed by atoms with Crippen molar-refractivity contribution in [1.82, 2.24) is 4.90 Å². The minimum Gasteiger partial charge on any atom is -0.459 e. The number of hydrogen-bond donors (Lipinski definition) is 0. The summed E-state index contributed by atoms with van der Waals surface area (Å²) in [5, 5.41) is 0. The van der Waals surface area contributed by atoms with E-state index in [2.05, 4.69) is 38.8 Å². The Morgan fingerprint density at radius 1 is 1.45 bits per heavy atom. The predicted molar refractivity (Wildman–Crippen MR) is 85.5 cm³/mol. The molecule has 22 heavy (non-hydrogen) atoms. The lowest BCUT2D eigenvalue weighted by Gasteiger charge is -2.24. The van der Waals surface area contributed by atoms with Crippen molar-refractivity contribution in [2.45, 2.75) is 64.3 Å². The van der Waals surface area contributed by atoms with Gasteiger partial charge in [-0.1, -0.05) is 18.6 Å². The van der Waals surface area contributed by atoms with Gasteiger partial charge in [0.15, 0.2) is 0 Å². The van der Waals surface area contributed by atoms with Crippen LogP contribution in [0.15, 0.2) is 11.6 Å². The number of hydrogen-bond acceptors (Lipinski definition) is 4. The molecule has 3 aliphatic rings. The number of ether oxygens (including phenoxy) is 2. The van der Waals surface area contributed by atoms with Crippen LogP contribution < -0.4 is 0 Å². The smallest absolute Gasteiger partial charge is 0.311 e. The highest BCUT2D eigenvalue weighted by atomic mass is 16.6. The van der Waals surface area contributed by atoms with E-state index in [1.807, 2.05) is 0 Å². The molecule has 2 heterocycles. The van der Waals surface area contributed by atoms with Gasteiger partial charge in [0, 0.05) is 12.5 Å². The van der Waals surface area contributed by atoms with Crippen LogP contribution in [0.4, 0.5) is 0 Å². The summed E-state index contributed by atoms with van der Waals surface area (Å²) in [6.45, 7) is 8.24. The molecular weight excluding hydrogens is 278 g/mol. The maximum Gasteiger partial charge on any atom is 0.311 e. The molecule has 0 bridgehead atoms. The van der Waals surface area contributed by atoms with E-state index in [1.165, 1.54) is 5.57 Å². The van der Waals surface area contributed by atoms with Crippen molar-refractivity contribution in [3.8, 4) is 0 Å². The van der Waals surface area contributed by atoms with Gasteiger partial charge in [-0.25, -0.2) is 0 Å². The average Bonchev–Trinajstić information content (AvgIpc) is 3.05. The summed E-state index contributed by atoms with van der Waals surface area (Å²) in [5.74, 6) is 0.263. The molecule has 1 aliphatic carbocycles. The monoisotopic (exact) mass is 307 g/mol. The zero-order valence-electron chi connectivity index (χ0n) is 14.3. The third-order valence-electron chi connectivity index (χ3n) is 5.79. The van der Waals surface area contributed by atoms with Crippen molar-refractivity contribution in [2.75, 3.05) is 20.1 Å². The van der Waals surface area contributed by atoms with Crippen LogP contribution in [0.1, 0.15) is 46.5 Å². The molecule has 0 saturated carbocycles. The highest BCUT2D eigenvalue weighted by molar-refractivity contribution is 5.75. The maximum absolute atomic E-state index is 12.4. The Morgan fingerprint density at radius 2 is 2.23 bits per heavy atom. The molecule has 2 fully saturated rings. The summed E-state index contributed by atoms with van der Waals surface area (Å²) < 4.78 is 11.8. The topological polar surface area (TPSA) is 42.1 Å². The number of allylic oxidation sites excluding steroid dienone is 2. The molecule has 2 saturated heterocycles. The number of carbonyl (C=O) groups excluding carboxylic acids is 1. The minimum atomic E-state index is -0.0944. The summed E-state index contributed by atoms with van der Waals surface area (Å²) in [5.41, 5.74) is 1.34. The van der Waals surface area contributed by atoms with Gasteiger partial charge in [0.05, 0.1) is 11.5 Å². The summed E-state index contributed by atoms with van der Waals surface area (Å²) >= 11 is 0. The molecule has 0 unspecified atom stereocenters. The van der Waals surface area contributed by atoms with Crippen LogP contribution in [0.3, 0.4) is 0 Å². The summed E-state index contributed by atoms with van der Waals surface area (Å²) in [7, 11) is 2.07. The Kier molecular flexibility index (Phi) is 4.34. The zero-order valence-corrected chi connectivity index (χ0v) is 14.3. The number of fused-ring (bicyclic) bond motifs is 3. The van der Waals surface area contributed by atoms with Crippen LogP contribution in [0.2, 0.25) is 0 Å². The van der Waals surface area contributed by atoms with Gasteiger partial charge < -0.3 is 14.4 Å². The maximum atomic E-state index is 12.4. The predicted octanol–water partition coefficient (Wildman–Crippen LogP) is 2.77. The highest BCUT2D eigenvalue weighted by Crippen LogP contribution is 2.50. The van der Waals surface area contributed by atoms with Gasteiger partial charge in [0.2, 0.25) is 0 Å². The van der Waals surface area contributed by atoms with Crippen LogP contribution >= 0.6 is 0 Å². The lowest BCUT2D eigenvalue weighted by atomic mass is 9.80. The van der Waals surface area contributed by atoms with Crippen molar-refractivity contribution in [3.05, 3.63) is 11.6 Å². The lowest BCUT2D eigenvalue weighted by molar-refractivity contribution is -0.145. The van der Waals surface area contributed by atoms with E-state index in [0.29, 0.717) is 0 Å². The minimum absolute atomic E-state index is 0.00405. The summed E-state index contributed by atoms with van der Waals surface area (Å²) in [4.78, 5) is 14.6. The van der Waals surface area contributed by atoms with Crippen molar-refractivity contribution in [3.63, 3.8) is 0 Å². The second-order valence-electron chi connectivity index (χ2n) is 7.51. The summed E-state index contributed by atoms with van der Waals surface area (Å²) in [6.07, 6.45) is 6.57. The van der Waals surface area contributed by atoms with Crippen molar-refractivity contribution >= 4 is 5.97 Å². The van der Waals surface area contributed by atoms with Gasteiger partial charge >= 0.3 is 5.97 Å². The van der Waals surface area contributed by atoms with Crippen molar-refractivity contribution < 1.29 is 14.3 Å². The van der Waals surface area contributed by atoms with Gasteiger partial charge in [-0.15, -0.1) is 0 Å². The van der Waals surface area contributed by atoms with E-state index in [1.54, 1.807) is 0 Å². The average molecular weight is 307 g/mol. The van der Waals surface area contributed by atoms with E-state index in [4.69, 9.17) is 9.47 Å². The van der Waals surface area contributed by atoms with E-state index in [-0.39, 0.29) is 35.6 Å². The number of epoxide rings is 1. The van der Waals surface area contributed by atoms with E-state index < -0.39 is 0 Å². The zero-order chi connectivity index (χ0) is 15.9. The van der Waals surface area contributed by atoms with Crippen LogP contribution in [-0.4, -0.2) is 48.8 Å². The van der Waals surface area contributed by atoms with Gasteiger partial charge in [0.1, 0.15) is 12.2 Å². The molecule has 0 aromatic carbocycles. The molecular formula is C18H29NO3. The Morgan fingerprint density at radius 3 is 2.95 bits per heavy atom. The van der Waals surface area contributed by atoms with Crippen LogP contribution in [0.25, 0.3) is 0 Å². The fraction of sp³-hybridized carbons (Fsp3) is 0.833. The first kappa shape index (κ1) is 16.0. The number of esters is 1. The molecule has 0 amide bonds. The van der Waals surface area contributed by atoms with Gasteiger partial charge in [-0.05, 0) is 53.1 Å².